The van der Waals surface area contributed by atoms with Crippen molar-refractivity contribution in [3.05, 3.63) is 89.7 Å². The molecule has 3 heterocycles. The highest BCUT2D eigenvalue weighted by atomic mass is 35.5. The molecule has 1 fully saturated rings. The van der Waals surface area contributed by atoms with Crippen LogP contribution < -0.4 is 9.64 Å². The molecule has 0 spiro atoms. The largest absolute Gasteiger partial charge is 0.495 e. The van der Waals surface area contributed by atoms with E-state index >= 15 is 0 Å². The fourth-order valence-electron chi connectivity index (χ4n) is 4.46. The molecule has 0 aliphatic carbocycles. The zero-order chi connectivity index (χ0) is 23.7. The van der Waals surface area contributed by atoms with Crippen molar-refractivity contribution in [2.24, 2.45) is 0 Å². The number of carbonyl (C=O) groups excluding carboxylic acids is 2. The van der Waals surface area contributed by atoms with Crippen LogP contribution in [-0.4, -0.2) is 54.3 Å². The van der Waals surface area contributed by atoms with Crippen LogP contribution in [0.2, 0.25) is 5.02 Å². The highest BCUT2D eigenvalue weighted by Crippen LogP contribution is 2.34. The van der Waals surface area contributed by atoms with Crippen molar-refractivity contribution >= 4 is 34.5 Å². The average Bonchev–Trinajstić information content (AvgIpc) is 3.28. The zero-order valence-corrected chi connectivity index (χ0v) is 19.5. The van der Waals surface area contributed by atoms with E-state index in [1.54, 1.807) is 34.7 Å². The van der Waals surface area contributed by atoms with Crippen LogP contribution in [0.25, 0.3) is 16.6 Å². The summed E-state index contributed by atoms with van der Waals surface area (Å²) < 4.78 is 7.03. The van der Waals surface area contributed by atoms with E-state index in [9.17, 15) is 9.59 Å². The lowest BCUT2D eigenvalue weighted by molar-refractivity contribution is -0.126. The first-order chi connectivity index (χ1) is 16.6. The summed E-state index contributed by atoms with van der Waals surface area (Å²) >= 11 is 6.36. The number of methoxy groups -OCH3 is 1. The highest BCUT2D eigenvalue weighted by Gasteiger charge is 2.31. The van der Waals surface area contributed by atoms with Gasteiger partial charge in [-0.2, -0.15) is 0 Å². The molecule has 6 nitrogen and oxygen atoms in total. The van der Waals surface area contributed by atoms with E-state index in [4.69, 9.17) is 16.3 Å². The minimum Gasteiger partial charge on any atom is -0.495 e. The molecular weight excluding hydrogens is 450 g/mol. The zero-order valence-electron chi connectivity index (χ0n) is 18.8. The van der Waals surface area contributed by atoms with Crippen LogP contribution >= 0.6 is 11.6 Å². The van der Waals surface area contributed by atoms with E-state index in [-0.39, 0.29) is 0 Å². The van der Waals surface area contributed by atoms with E-state index in [1.165, 1.54) is 0 Å². The van der Waals surface area contributed by atoms with E-state index < -0.39 is 11.7 Å². The van der Waals surface area contributed by atoms with Gasteiger partial charge in [0.2, 0.25) is 0 Å². The summed E-state index contributed by atoms with van der Waals surface area (Å²) in [5, 5.41) is 0.442. The number of Topliss-reactive ketones (excluding diaryl/α,β-unsaturated/α-hetero) is 1. The smallest absolute Gasteiger partial charge is 0.296 e. The van der Waals surface area contributed by atoms with Crippen molar-refractivity contribution in [1.82, 2.24) is 9.30 Å². The second-order valence-electron chi connectivity index (χ2n) is 8.20. The highest BCUT2D eigenvalue weighted by molar-refractivity contribution is 6.43. The number of rotatable bonds is 5. The Kier molecular flexibility index (Phi) is 5.99. The van der Waals surface area contributed by atoms with Crippen LogP contribution in [0.15, 0.2) is 79.0 Å². The van der Waals surface area contributed by atoms with Gasteiger partial charge in [-0.25, -0.2) is 0 Å². The predicted molar refractivity (Wildman–Crippen MR) is 134 cm³/mol. The monoisotopic (exact) mass is 473 g/mol. The maximum absolute atomic E-state index is 13.6. The Labute approximate surface area is 202 Å². The fraction of sp³-hybridized carbons (Fsp3) is 0.185. The molecule has 1 amide bonds. The number of ether oxygens (including phenoxy) is 1. The molecule has 0 radical (unpaired) electrons. The second-order valence-corrected chi connectivity index (χ2v) is 8.60. The number of aromatic nitrogens is 1. The quantitative estimate of drug-likeness (QED) is 0.308. The molecular formula is C27H24ClN3O3. The third-order valence-corrected chi connectivity index (χ3v) is 6.54. The summed E-state index contributed by atoms with van der Waals surface area (Å²) in [5.41, 5.74) is 3.70. The Morgan fingerprint density at radius 3 is 2.32 bits per heavy atom. The second kappa shape index (κ2) is 9.23. The molecule has 7 heteroatoms. The number of pyridine rings is 1. The van der Waals surface area contributed by atoms with Gasteiger partial charge in [0.25, 0.3) is 11.7 Å². The van der Waals surface area contributed by atoms with Gasteiger partial charge < -0.3 is 18.9 Å². The van der Waals surface area contributed by atoms with Gasteiger partial charge in [0.15, 0.2) is 0 Å². The van der Waals surface area contributed by atoms with E-state index in [0.717, 1.165) is 16.8 Å². The molecule has 0 saturated carbocycles. The maximum atomic E-state index is 13.6. The summed E-state index contributed by atoms with van der Waals surface area (Å²) in [6.45, 7) is 2.34. The number of piperazine rings is 1. The number of nitrogens with zero attached hydrogens (tertiary/aromatic N) is 3. The number of amides is 1. The lowest BCUT2D eigenvalue weighted by atomic mass is 10.0. The number of carbonyl (C=O) groups is 2. The third kappa shape index (κ3) is 4.01. The minimum absolute atomic E-state index is 0.340. The summed E-state index contributed by atoms with van der Waals surface area (Å²) in [6, 6.07) is 23.0. The SMILES string of the molecule is COc1ccc(-c2cc3ccccn3c2C(=O)C(=O)N2CCN(c3ccccc3)CC2)cc1Cl. The number of benzene rings is 2. The van der Waals surface area contributed by atoms with Gasteiger partial charge >= 0.3 is 0 Å². The van der Waals surface area contributed by atoms with Crippen LogP contribution in [0.1, 0.15) is 10.5 Å². The molecule has 1 saturated heterocycles. The molecule has 34 heavy (non-hydrogen) atoms. The first-order valence-electron chi connectivity index (χ1n) is 11.1. The van der Waals surface area contributed by atoms with E-state index in [2.05, 4.69) is 17.0 Å². The number of anilines is 1. The first kappa shape index (κ1) is 22.0. The van der Waals surface area contributed by atoms with Crippen molar-refractivity contribution in [2.75, 3.05) is 38.2 Å². The number of ketones is 1. The maximum Gasteiger partial charge on any atom is 0.296 e. The minimum atomic E-state index is -0.527. The number of para-hydroxylation sites is 1. The lowest BCUT2D eigenvalue weighted by Crippen LogP contribution is -2.50. The molecule has 172 valence electrons. The molecule has 5 rings (SSSR count). The molecule has 1 aliphatic rings. The van der Waals surface area contributed by atoms with Crippen molar-refractivity contribution in [3.63, 3.8) is 0 Å². The summed E-state index contributed by atoms with van der Waals surface area (Å²) in [5.74, 6) is -0.465. The number of hydrogen-bond donors (Lipinski definition) is 0. The standard InChI is InChI=1S/C27H24ClN3O3/c1-34-24-11-10-19(17-23(24)28)22-18-21-9-5-6-12-31(21)25(22)26(32)27(33)30-15-13-29(14-16-30)20-7-3-2-4-8-20/h2-12,17-18H,13-16H2,1H3. The van der Waals surface area contributed by atoms with Gasteiger partial charge in [-0.15, -0.1) is 0 Å². The normalized spacial score (nSPS) is 13.8. The lowest BCUT2D eigenvalue weighted by Gasteiger charge is -2.35. The Morgan fingerprint density at radius 2 is 1.62 bits per heavy atom. The molecule has 1 aliphatic heterocycles. The number of halogens is 1. The molecule has 0 bridgehead atoms. The summed E-state index contributed by atoms with van der Waals surface area (Å²) in [7, 11) is 1.55. The van der Waals surface area contributed by atoms with Crippen LogP contribution in [0.5, 0.6) is 5.75 Å². The van der Waals surface area contributed by atoms with Crippen molar-refractivity contribution in [2.45, 2.75) is 0 Å². The van der Waals surface area contributed by atoms with Gasteiger partial charge in [0.05, 0.1) is 12.1 Å². The third-order valence-electron chi connectivity index (χ3n) is 6.24. The topological polar surface area (TPSA) is 54.3 Å². The van der Waals surface area contributed by atoms with Gasteiger partial charge in [0.1, 0.15) is 11.4 Å². The van der Waals surface area contributed by atoms with Gasteiger partial charge in [-0.3, -0.25) is 9.59 Å². The van der Waals surface area contributed by atoms with Crippen molar-refractivity contribution in [3.8, 4) is 16.9 Å². The number of hydrogen-bond acceptors (Lipinski definition) is 4. The molecule has 0 atom stereocenters. The van der Waals surface area contributed by atoms with Gasteiger partial charge in [-0.05, 0) is 48.0 Å². The Hall–Kier alpha value is -3.77. The Bertz CT molecular complexity index is 1360. The number of fused-ring (bicyclic) bond motifs is 1. The first-order valence-corrected chi connectivity index (χ1v) is 11.5. The molecule has 2 aromatic heterocycles. The van der Waals surface area contributed by atoms with Crippen LogP contribution in [0.3, 0.4) is 0 Å². The van der Waals surface area contributed by atoms with Crippen molar-refractivity contribution < 1.29 is 14.3 Å². The molecule has 4 aromatic rings. The van der Waals surface area contributed by atoms with Crippen LogP contribution in [0, 0.1) is 0 Å². The van der Waals surface area contributed by atoms with Gasteiger partial charge in [0, 0.05) is 49.1 Å². The van der Waals surface area contributed by atoms with Crippen LogP contribution in [-0.2, 0) is 4.79 Å². The summed E-state index contributed by atoms with van der Waals surface area (Å²) in [6.07, 6.45) is 1.80. The Morgan fingerprint density at radius 1 is 0.882 bits per heavy atom. The molecule has 2 aromatic carbocycles. The van der Waals surface area contributed by atoms with Gasteiger partial charge in [-0.1, -0.05) is 41.9 Å². The van der Waals surface area contributed by atoms with E-state index in [0.29, 0.717) is 48.2 Å². The summed E-state index contributed by atoms with van der Waals surface area (Å²) in [4.78, 5) is 30.8. The average molecular weight is 474 g/mol. The predicted octanol–water partition coefficient (Wildman–Crippen LogP) is 4.80. The van der Waals surface area contributed by atoms with E-state index in [1.807, 2.05) is 48.5 Å². The Balaban J connectivity index is 1.44. The molecule has 0 unspecified atom stereocenters. The van der Waals surface area contributed by atoms with Crippen molar-refractivity contribution in [1.29, 1.82) is 0 Å². The molecule has 0 N–H and O–H groups in total. The van der Waals surface area contributed by atoms with Crippen LogP contribution in [0.4, 0.5) is 5.69 Å². The fourth-order valence-corrected chi connectivity index (χ4v) is 4.72.